The molecule has 94 valence electrons. The topological polar surface area (TPSA) is 29.3 Å². The molecule has 0 amide bonds. The standard InChI is InChI=1S/C14H21FN2/c1-10-5-11(2)8-17(7-10)9-12-3-4-13(15)6-14(12)16/h3-4,6,10-11H,5,7-9,16H2,1-2H3. The van der Waals surface area contributed by atoms with E-state index in [4.69, 9.17) is 5.73 Å². The van der Waals surface area contributed by atoms with Crippen molar-refractivity contribution in [2.75, 3.05) is 18.8 Å². The molecule has 1 heterocycles. The third kappa shape index (κ3) is 3.19. The number of anilines is 1. The first-order chi connectivity index (χ1) is 8.04. The van der Waals surface area contributed by atoms with Crippen LogP contribution in [0.2, 0.25) is 0 Å². The van der Waals surface area contributed by atoms with Gasteiger partial charge in [-0.05, 0) is 36.0 Å². The van der Waals surface area contributed by atoms with E-state index in [9.17, 15) is 4.39 Å². The highest BCUT2D eigenvalue weighted by molar-refractivity contribution is 5.46. The first-order valence-electron chi connectivity index (χ1n) is 6.31. The van der Waals surface area contributed by atoms with Gasteiger partial charge < -0.3 is 5.73 Å². The lowest BCUT2D eigenvalue weighted by Gasteiger charge is -2.35. The van der Waals surface area contributed by atoms with Gasteiger partial charge in [0.1, 0.15) is 5.82 Å². The summed E-state index contributed by atoms with van der Waals surface area (Å²) in [5.74, 6) is 1.22. The Labute approximate surface area is 103 Å². The predicted octanol–water partition coefficient (Wildman–Crippen LogP) is 2.89. The van der Waals surface area contributed by atoms with E-state index >= 15 is 0 Å². The minimum absolute atomic E-state index is 0.258. The van der Waals surface area contributed by atoms with Gasteiger partial charge in [0.25, 0.3) is 0 Å². The van der Waals surface area contributed by atoms with Crippen LogP contribution in [-0.2, 0) is 6.54 Å². The van der Waals surface area contributed by atoms with E-state index in [1.54, 1.807) is 6.07 Å². The largest absolute Gasteiger partial charge is 0.398 e. The van der Waals surface area contributed by atoms with E-state index in [-0.39, 0.29) is 5.82 Å². The number of nitrogens with zero attached hydrogens (tertiary/aromatic N) is 1. The predicted molar refractivity (Wildman–Crippen MR) is 69.0 cm³/mol. The molecular weight excluding hydrogens is 215 g/mol. The van der Waals surface area contributed by atoms with Gasteiger partial charge in [0.05, 0.1) is 0 Å². The first-order valence-corrected chi connectivity index (χ1v) is 6.31. The van der Waals surface area contributed by atoms with Gasteiger partial charge in [-0.2, -0.15) is 0 Å². The van der Waals surface area contributed by atoms with Crippen LogP contribution in [0.5, 0.6) is 0 Å². The maximum absolute atomic E-state index is 13.0. The highest BCUT2D eigenvalue weighted by Gasteiger charge is 2.22. The molecule has 2 atom stereocenters. The summed E-state index contributed by atoms with van der Waals surface area (Å²) in [6, 6.07) is 4.70. The zero-order valence-electron chi connectivity index (χ0n) is 10.6. The second-order valence-electron chi connectivity index (χ2n) is 5.48. The van der Waals surface area contributed by atoms with E-state index in [1.165, 1.54) is 18.6 Å². The molecule has 0 saturated carbocycles. The quantitative estimate of drug-likeness (QED) is 0.800. The molecule has 1 fully saturated rings. The third-order valence-electron chi connectivity index (χ3n) is 3.45. The van der Waals surface area contributed by atoms with Crippen LogP contribution in [0.15, 0.2) is 18.2 Å². The second kappa shape index (κ2) is 5.05. The summed E-state index contributed by atoms with van der Waals surface area (Å²) in [6.07, 6.45) is 1.30. The normalized spacial score (nSPS) is 26.1. The number of nitrogen functional groups attached to an aromatic ring is 1. The van der Waals surface area contributed by atoms with Crippen molar-refractivity contribution in [1.82, 2.24) is 4.90 Å². The summed E-state index contributed by atoms with van der Waals surface area (Å²) >= 11 is 0. The van der Waals surface area contributed by atoms with Crippen molar-refractivity contribution in [3.63, 3.8) is 0 Å². The second-order valence-corrected chi connectivity index (χ2v) is 5.48. The van der Waals surface area contributed by atoms with E-state index in [0.29, 0.717) is 5.69 Å². The maximum atomic E-state index is 13.0. The van der Waals surface area contributed by atoms with Crippen molar-refractivity contribution < 1.29 is 4.39 Å². The molecule has 2 nitrogen and oxygen atoms in total. The Kier molecular flexibility index (Phi) is 3.67. The Morgan fingerprint density at radius 1 is 1.29 bits per heavy atom. The number of rotatable bonds is 2. The van der Waals surface area contributed by atoms with Gasteiger partial charge in [-0.25, -0.2) is 4.39 Å². The molecule has 2 unspecified atom stereocenters. The van der Waals surface area contributed by atoms with Crippen molar-refractivity contribution in [3.05, 3.63) is 29.6 Å². The fourth-order valence-electron chi connectivity index (χ4n) is 2.87. The summed E-state index contributed by atoms with van der Waals surface area (Å²) in [4.78, 5) is 2.42. The summed E-state index contributed by atoms with van der Waals surface area (Å²) in [7, 11) is 0. The molecule has 0 aromatic heterocycles. The molecule has 0 aliphatic carbocycles. The van der Waals surface area contributed by atoms with Crippen LogP contribution in [0.25, 0.3) is 0 Å². The summed E-state index contributed by atoms with van der Waals surface area (Å²) in [5, 5.41) is 0. The Morgan fingerprint density at radius 3 is 2.53 bits per heavy atom. The average molecular weight is 236 g/mol. The van der Waals surface area contributed by atoms with E-state index in [0.717, 1.165) is 37.0 Å². The van der Waals surface area contributed by atoms with Crippen molar-refractivity contribution in [1.29, 1.82) is 0 Å². The van der Waals surface area contributed by atoms with E-state index < -0.39 is 0 Å². The van der Waals surface area contributed by atoms with Gasteiger partial charge in [-0.3, -0.25) is 4.90 Å². The van der Waals surface area contributed by atoms with Crippen LogP contribution in [-0.4, -0.2) is 18.0 Å². The van der Waals surface area contributed by atoms with E-state index in [1.807, 2.05) is 0 Å². The molecule has 1 aromatic rings. The number of piperidine rings is 1. The van der Waals surface area contributed by atoms with Crippen LogP contribution >= 0.6 is 0 Å². The molecule has 2 N–H and O–H groups in total. The minimum Gasteiger partial charge on any atom is -0.398 e. The van der Waals surface area contributed by atoms with Crippen LogP contribution in [0.3, 0.4) is 0 Å². The molecule has 0 radical (unpaired) electrons. The summed E-state index contributed by atoms with van der Waals surface area (Å²) < 4.78 is 13.0. The van der Waals surface area contributed by atoms with Gasteiger partial charge in [0, 0.05) is 25.3 Å². The Bertz CT molecular complexity index is 382. The monoisotopic (exact) mass is 236 g/mol. The van der Waals surface area contributed by atoms with Crippen LogP contribution in [0.1, 0.15) is 25.8 Å². The van der Waals surface area contributed by atoms with Gasteiger partial charge >= 0.3 is 0 Å². The molecule has 1 aliphatic rings. The lowest BCUT2D eigenvalue weighted by Crippen LogP contribution is -2.38. The van der Waals surface area contributed by atoms with Gasteiger partial charge in [-0.15, -0.1) is 0 Å². The van der Waals surface area contributed by atoms with Gasteiger partial charge in [0.2, 0.25) is 0 Å². The maximum Gasteiger partial charge on any atom is 0.125 e. The fraction of sp³-hybridized carbons (Fsp3) is 0.571. The number of likely N-dealkylation sites (tertiary alicyclic amines) is 1. The molecule has 1 aliphatic heterocycles. The number of nitrogens with two attached hydrogens (primary N) is 1. The Balaban J connectivity index is 2.04. The third-order valence-corrected chi connectivity index (χ3v) is 3.45. The number of hydrogen-bond donors (Lipinski definition) is 1. The molecule has 1 saturated heterocycles. The van der Waals surface area contributed by atoms with Crippen molar-refractivity contribution in [2.45, 2.75) is 26.8 Å². The summed E-state index contributed by atoms with van der Waals surface area (Å²) in [5.41, 5.74) is 7.44. The van der Waals surface area contributed by atoms with Crippen molar-refractivity contribution >= 4 is 5.69 Å². The molecule has 0 bridgehead atoms. The lowest BCUT2D eigenvalue weighted by molar-refractivity contribution is 0.134. The van der Waals surface area contributed by atoms with Gasteiger partial charge in [0.15, 0.2) is 0 Å². The molecular formula is C14H21FN2. The molecule has 0 spiro atoms. The van der Waals surface area contributed by atoms with Crippen LogP contribution in [0.4, 0.5) is 10.1 Å². The number of hydrogen-bond acceptors (Lipinski definition) is 2. The Hall–Kier alpha value is -1.09. The highest BCUT2D eigenvalue weighted by Crippen LogP contribution is 2.24. The number of halogens is 1. The summed E-state index contributed by atoms with van der Waals surface area (Å²) in [6.45, 7) is 7.64. The molecule has 17 heavy (non-hydrogen) atoms. The van der Waals surface area contributed by atoms with Gasteiger partial charge in [-0.1, -0.05) is 19.9 Å². The average Bonchev–Trinajstić information content (AvgIpc) is 2.21. The smallest absolute Gasteiger partial charge is 0.125 e. The zero-order valence-corrected chi connectivity index (χ0v) is 10.6. The minimum atomic E-state index is -0.258. The highest BCUT2D eigenvalue weighted by atomic mass is 19.1. The first kappa shape index (κ1) is 12.4. The van der Waals surface area contributed by atoms with E-state index in [2.05, 4.69) is 18.7 Å². The molecule has 3 heteroatoms. The molecule has 2 rings (SSSR count). The molecule has 1 aromatic carbocycles. The zero-order chi connectivity index (χ0) is 12.4. The van der Waals surface area contributed by atoms with Crippen molar-refractivity contribution in [2.24, 2.45) is 11.8 Å². The fourth-order valence-corrected chi connectivity index (χ4v) is 2.87. The number of benzene rings is 1. The lowest BCUT2D eigenvalue weighted by atomic mass is 9.91. The van der Waals surface area contributed by atoms with Crippen LogP contribution < -0.4 is 5.73 Å². The Morgan fingerprint density at radius 2 is 1.94 bits per heavy atom. The van der Waals surface area contributed by atoms with Crippen molar-refractivity contribution in [3.8, 4) is 0 Å². The van der Waals surface area contributed by atoms with Crippen LogP contribution in [0, 0.1) is 17.7 Å². The SMILES string of the molecule is CC1CC(C)CN(Cc2ccc(F)cc2N)C1.